The quantitative estimate of drug-likeness (QED) is 0.248. The normalized spacial score (nSPS) is 12.4. The van der Waals surface area contributed by atoms with Crippen molar-refractivity contribution in [3.63, 3.8) is 0 Å². The summed E-state index contributed by atoms with van der Waals surface area (Å²) >= 11 is 0. The fourth-order valence-electron chi connectivity index (χ4n) is 0.739. The van der Waals surface area contributed by atoms with Crippen LogP contribution in [-0.4, -0.2) is 29.9 Å². The molecule has 0 saturated heterocycles. The molecule has 0 unspecified atom stereocenters. The summed E-state index contributed by atoms with van der Waals surface area (Å²) in [4.78, 5) is 21.7. The van der Waals surface area contributed by atoms with Crippen LogP contribution in [-0.2, 0) is 14.3 Å². The lowest BCUT2D eigenvalue weighted by molar-refractivity contribution is -0.142. The Bertz CT molecular complexity index is 267. The average Bonchev–Trinajstić information content (AvgIpc) is 2.03. The molecule has 0 bridgehead atoms. The Morgan fingerprint density at radius 3 is 2.21 bits per heavy atom. The van der Waals surface area contributed by atoms with Crippen LogP contribution in [0.5, 0.6) is 0 Å². The Labute approximate surface area is 79.2 Å². The number of aliphatic hydroxyl groups excluding tert-OH is 1. The van der Waals surface area contributed by atoms with Crippen LogP contribution in [0.15, 0.2) is 11.3 Å². The number of ether oxygens (including phenoxy) is 1. The molecular weight excluding hydrogens is 198 g/mol. The van der Waals surface area contributed by atoms with Gasteiger partial charge in [0.15, 0.2) is 0 Å². The highest BCUT2D eigenvalue weighted by molar-refractivity contribution is 6.18. The number of hydrogen-bond acceptors (Lipinski definition) is 4. The molecule has 0 aliphatic carbocycles. The molecule has 0 radical (unpaired) electrons. The van der Waals surface area contributed by atoms with Crippen LogP contribution in [0.4, 0.5) is 8.78 Å². The summed E-state index contributed by atoms with van der Waals surface area (Å²) in [5, 5.41) is 8.85. The number of Topliss-reactive ketones (excluding diaryl/α,β-unsaturated/α-hetero) is 1. The Morgan fingerprint density at radius 2 is 1.93 bits per heavy atom. The SMILES string of the molecule is CCOC(=O)/C(C(=O)C(F)F)=C(/C)O. The summed E-state index contributed by atoms with van der Waals surface area (Å²) in [5.41, 5.74) is -0.998. The molecule has 0 aliphatic heterocycles. The van der Waals surface area contributed by atoms with Gasteiger partial charge in [0.25, 0.3) is 0 Å². The molecule has 0 aliphatic rings. The largest absolute Gasteiger partial charge is 0.512 e. The van der Waals surface area contributed by atoms with E-state index in [1.165, 1.54) is 6.92 Å². The van der Waals surface area contributed by atoms with Crippen molar-refractivity contribution < 1.29 is 28.2 Å². The molecular formula is C8H10F2O4. The van der Waals surface area contributed by atoms with E-state index in [4.69, 9.17) is 5.11 Å². The van der Waals surface area contributed by atoms with Gasteiger partial charge in [-0.25, -0.2) is 13.6 Å². The number of ketones is 1. The molecule has 0 fully saturated rings. The zero-order valence-corrected chi connectivity index (χ0v) is 7.71. The highest BCUT2D eigenvalue weighted by Gasteiger charge is 2.29. The minimum atomic E-state index is -3.34. The molecule has 14 heavy (non-hydrogen) atoms. The minimum Gasteiger partial charge on any atom is -0.512 e. The first-order chi connectivity index (χ1) is 6.41. The zero-order chi connectivity index (χ0) is 11.3. The third-order valence-electron chi connectivity index (χ3n) is 1.29. The first kappa shape index (κ1) is 12.5. The van der Waals surface area contributed by atoms with E-state index in [1.807, 2.05) is 0 Å². The number of esters is 1. The van der Waals surface area contributed by atoms with Crippen molar-refractivity contribution in [1.82, 2.24) is 0 Å². The molecule has 0 rings (SSSR count). The van der Waals surface area contributed by atoms with Crippen molar-refractivity contribution in [2.45, 2.75) is 20.3 Å². The summed E-state index contributed by atoms with van der Waals surface area (Å²) in [7, 11) is 0. The number of hydrogen-bond donors (Lipinski definition) is 1. The van der Waals surface area contributed by atoms with Crippen LogP contribution < -0.4 is 0 Å². The van der Waals surface area contributed by atoms with E-state index in [1.54, 1.807) is 0 Å². The van der Waals surface area contributed by atoms with Gasteiger partial charge in [0.1, 0.15) is 11.3 Å². The molecule has 4 nitrogen and oxygen atoms in total. The molecule has 0 heterocycles. The third kappa shape index (κ3) is 3.12. The zero-order valence-electron chi connectivity index (χ0n) is 7.71. The topological polar surface area (TPSA) is 63.6 Å². The van der Waals surface area contributed by atoms with Crippen LogP contribution in [0.2, 0.25) is 0 Å². The molecule has 0 saturated carbocycles. The Hall–Kier alpha value is -1.46. The molecule has 0 spiro atoms. The number of alkyl halides is 2. The minimum absolute atomic E-state index is 0.0634. The second-order valence-corrected chi connectivity index (χ2v) is 2.35. The monoisotopic (exact) mass is 208 g/mol. The van der Waals surface area contributed by atoms with Gasteiger partial charge >= 0.3 is 12.4 Å². The molecule has 0 atom stereocenters. The van der Waals surface area contributed by atoms with Gasteiger partial charge in [-0.05, 0) is 13.8 Å². The van der Waals surface area contributed by atoms with Crippen LogP contribution in [0, 0.1) is 0 Å². The Kier molecular flexibility index (Phi) is 4.76. The summed E-state index contributed by atoms with van der Waals surface area (Å²) < 4.78 is 28.2. The molecule has 0 aromatic carbocycles. The van der Waals surface area contributed by atoms with E-state index in [9.17, 15) is 18.4 Å². The van der Waals surface area contributed by atoms with Crippen molar-refractivity contribution in [2.24, 2.45) is 0 Å². The first-order valence-electron chi connectivity index (χ1n) is 3.81. The number of carbonyl (C=O) groups is 2. The molecule has 80 valence electrons. The molecule has 6 heteroatoms. The van der Waals surface area contributed by atoms with E-state index in [2.05, 4.69) is 4.74 Å². The maximum Gasteiger partial charge on any atom is 0.345 e. The maximum absolute atomic E-state index is 11.9. The molecule has 1 N–H and O–H groups in total. The van der Waals surface area contributed by atoms with Crippen molar-refractivity contribution in [3.8, 4) is 0 Å². The number of rotatable bonds is 4. The van der Waals surface area contributed by atoms with Crippen LogP contribution >= 0.6 is 0 Å². The van der Waals surface area contributed by atoms with Crippen LogP contribution in [0.3, 0.4) is 0 Å². The predicted molar refractivity (Wildman–Crippen MR) is 43.0 cm³/mol. The lowest BCUT2D eigenvalue weighted by Gasteiger charge is -2.05. The molecule has 0 aromatic heterocycles. The Morgan fingerprint density at radius 1 is 1.43 bits per heavy atom. The smallest absolute Gasteiger partial charge is 0.345 e. The highest BCUT2D eigenvalue weighted by atomic mass is 19.3. The van der Waals surface area contributed by atoms with E-state index < -0.39 is 29.5 Å². The van der Waals surface area contributed by atoms with Gasteiger partial charge in [-0.2, -0.15) is 0 Å². The lowest BCUT2D eigenvalue weighted by Crippen LogP contribution is -2.23. The summed E-state index contributed by atoms with van der Waals surface area (Å²) in [6, 6.07) is 0. The Balaban J connectivity index is 4.91. The summed E-state index contributed by atoms with van der Waals surface area (Å²) in [6.07, 6.45) is -3.34. The van der Waals surface area contributed by atoms with E-state index >= 15 is 0 Å². The maximum atomic E-state index is 11.9. The second kappa shape index (κ2) is 5.31. The van der Waals surface area contributed by atoms with Crippen LogP contribution in [0.1, 0.15) is 13.8 Å². The van der Waals surface area contributed by atoms with Gasteiger partial charge < -0.3 is 9.84 Å². The molecule has 0 amide bonds. The third-order valence-corrected chi connectivity index (χ3v) is 1.29. The number of aliphatic hydroxyl groups is 1. The first-order valence-corrected chi connectivity index (χ1v) is 3.81. The average molecular weight is 208 g/mol. The fourth-order valence-corrected chi connectivity index (χ4v) is 0.739. The van der Waals surface area contributed by atoms with Crippen molar-refractivity contribution in [1.29, 1.82) is 0 Å². The van der Waals surface area contributed by atoms with E-state index in [0.29, 0.717) is 0 Å². The van der Waals surface area contributed by atoms with Crippen molar-refractivity contribution in [3.05, 3.63) is 11.3 Å². The lowest BCUT2D eigenvalue weighted by atomic mass is 10.1. The second-order valence-electron chi connectivity index (χ2n) is 2.35. The van der Waals surface area contributed by atoms with Gasteiger partial charge in [0.05, 0.1) is 6.61 Å². The molecule has 0 aromatic rings. The van der Waals surface area contributed by atoms with E-state index in [-0.39, 0.29) is 6.61 Å². The van der Waals surface area contributed by atoms with Gasteiger partial charge in [0, 0.05) is 0 Å². The number of allylic oxidation sites excluding steroid dienone is 1. The standard InChI is InChI=1S/C8H10F2O4/c1-3-14-8(13)5(4(2)11)6(12)7(9)10/h7,11H,3H2,1-2H3/b5-4-. The van der Waals surface area contributed by atoms with E-state index in [0.717, 1.165) is 6.92 Å². The van der Waals surface area contributed by atoms with Gasteiger partial charge in [0.2, 0.25) is 5.78 Å². The van der Waals surface area contributed by atoms with Crippen LogP contribution in [0.25, 0.3) is 0 Å². The summed E-state index contributed by atoms with van der Waals surface area (Å²) in [6.45, 7) is 2.35. The fraction of sp³-hybridized carbons (Fsp3) is 0.500. The van der Waals surface area contributed by atoms with Gasteiger partial charge in [-0.3, -0.25) is 4.79 Å². The van der Waals surface area contributed by atoms with Crippen molar-refractivity contribution >= 4 is 11.8 Å². The highest BCUT2D eigenvalue weighted by Crippen LogP contribution is 2.11. The van der Waals surface area contributed by atoms with Gasteiger partial charge in [-0.1, -0.05) is 0 Å². The summed E-state index contributed by atoms with van der Waals surface area (Å²) in [5.74, 6) is -3.74. The number of halogens is 2. The van der Waals surface area contributed by atoms with Gasteiger partial charge in [-0.15, -0.1) is 0 Å². The van der Waals surface area contributed by atoms with Crippen molar-refractivity contribution in [2.75, 3.05) is 6.61 Å². The predicted octanol–water partition coefficient (Wildman–Crippen LogP) is 1.22. The number of carbonyl (C=O) groups excluding carboxylic acids is 2.